The van der Waals surface area contributed by atoms with Gasteiger partial charge in [0.1, 0.15) is 0 Å². The predicted molar refractivity (Wildman–Crippen MR) is 66.9 cm³/mol. The molecule has 0 bridgehead atoms. The lowest BCUT2D eigenvalue weighted by Gasteiger charge is -2.13. The van der Waals surface area contributed by atoms with Gasteiger partial charge in [-0.3, -0.25) is 0 Å². The molecular formula is C12H13NO2S. The molecule has 4 heteroatoms. The van der Waals surface area contributed by atoms with E-state index in [2.05, 4.69) is 0 Å². The summed E-state index contributed by atoms with van der Waals surface area (Å²) in [5.74, 6) is 0. The summed E-state index contributed by atoms with van der Waals surface area (Å²) in [4.78, 5) is 2.38. The van der Waals surface area contributed by atoms with Crippen LogP contribution in [0, 0.1) is 0 Å². The van der Waals surface area contributed by atoms with Crippen molar-refractivity contribution in [1.29, 1.82) is 0 Å². The first kappa shape index (κ1) is 11.0. The van der Waals surface area contributed by atoms with Crippen molar-refractivity contribution in [2.24, 2.45) is 0 Å². The highest BCUT2D eigenvalue weighted by Crippen LogP contribution is 2.24. The summed E-state index contributed by atoms with van der Waals surface area (Å²) in [7, 11) is 1.38. The molecule has 0 heterocycles. The van der Waals surface area contributed by atoms with Crippen molar-refractivity contribution in [1.82, 2.24) is 0 Å². The molecule has 3 nitrogen and oxygen atoms in total. The fourth-order valence-corrected chi connectivity index (χ4v) is 2.30. The second-order valence-corrected chi connectivity index (χ2v) is 4.83. The van der Waals surface area contributed by atoms with Crippen molar-refractivity contribution in [2.75, 3.05) is 19.0 Å². The molecule has 16 heavy (non-hydrogen) atoms. The second-order valence-electron chi connectivity index (χ2n) is 3.83. The van der Waals surface area contributed by atoms with E-state index in [1.54, 1.807) is 12.1 Å². The third-order valence-corrected chi connectivity index (χ3v) is 3.34. The summed E-state index contributed by atoms with van der Waals surface area (Å²) in [5.41, 5.74) is 1.06. The van der Waals surface area contributed by atoms with Gasteiger partial charge >= 0.3 is 0 Å². The Morgan fingerprint density at radius 2 is 1.81 bits per heavy atom. The Balaban J connectivity index is 2.73. The second kappa shape index (κ2) is 4.14. The van der Waals surface area contributed by atoms with Crippen LogP contribution in [0.4, 0.5) is 5.69 Å². The van der Waals surface area contributed by atoms with Gasteiger partial charge in [0.2, 0.25) is 0 Å². The maximum atomic E-state index is 11.1. The van der Waals surface area contributed by atoms with Crippen molar-refractivity contribution < 1.29 is 8.42 Å². The molecule has 0 aromatic heterocycles. The average molecular weight is 235 g/mol. The zero-order valence-corrected chi connectivity index (χ0v) is 10.1. The molecule has 0 spiro atoms. The Morgan fingerprint density at radius 3 is 2.44 bits per heavy atom. The van der Waals surface area contributed by atoms with Crippen molar-refractivity contribution >= 4 is 27.2 Å². The van der Waals surface area contributed by atoms with Gasteiger partial charge in [0.15, 0.2) is 10.7 Å². The van der Waals surface area contributed by atoms with E-state index in [0.717, 1.165) is 16.5 Å². The molecule has 0 aliphatic heterocycles. The van der Waals surface area contributed by atoms with Crippen LogP contribution in [0.25, 0.3) is 10.8 Å². The molecule has 0 aliphatic carbocycles. The highest BCUT2D eigenvalue weighted by molar-refractivity contribution is 7.72. The van der Waals surface area contributed by atoms with Crippen LogP contribution in [0.5, 0.6) is 0 Å². The summed E-state index contributed by atoms with van der Waals surface area (Å²) in [6.07, 6.45) is 0. The number of anilines is 1. The van der Waals surface area contributed by atoms with Crippen molar-refractivity contribution in [3.63, 3.8) is 0 Å². The molecule has 0 N–H and O–H groups in total. The summed E-state index contributed by atoms with van der Waals surface area (Å²) in [6, 6.07) is 11.1. The SMILES string of the molecule is CN(C)c1ccc2c([SH](=O)=O)cccc2c1. The first-order chi connectivity index (χ1) is 7.59. The van der Waals surface area contributed by atoms with E-state index in [1.807, 2.05) is 43.3 Å². The quantitative estimate of drug-likeness (QED) is 0.807. The monoisotopic (exact) mass is 235 g/mol. The standard InChI is InChI=1S/C12H13NO2S/c1-13(2)10-6-7-11-9(8-10)4-3-5-12(11)16(14)15/h3-8,16H,1-2H3. The van der Waals surface area contributed by atoms with Crippen LogP contribution < -0.4 is 4.90 Å². The van der Waals surface area contributed by atoms with E-state index in [9.17, 15) is 8.42 Å². The third-order valence-electron chi connectivity index (χ3n) is 2.55. The van der Waals surface area contributed by atoms with E-state index in [4.69, 9.17) is 0 Å². The van der Waals surface area contributed by atoms with Gasteiger partial charge in [0.25, 0.3) is 0 Å². The van der Waals surface area contributed by atoms with Gasteiger partial charge in [0.05, 0.1) is 4.90 Å². The molecule has 0 amide bonds. The van der Waals surface area contributed by atoms with Gasteiger partial charge in [-0.1, -0.05) is 18.2 Å². The molecule has 0 aliphatic rings. The van der Waals surface area contributed by atoms with Crippen molar-refractivity contribution in [3.8, 4) is 0 Å². The number of benzene rings is 2. The maximum absolute atomic E-state index is 11.1. The van der Waals surface area contributed by atoms with E-state index in [0.29, 0.717) is 4.90 Å². The van der Waals surface area contributed by atoms with E-state index in [-0.39, 0.29) is 0 Å². The minimum absolute atomic E-state index is 0.387. The zero-order chi connectivity index (χ0) is 11.7. The Labute approximate surface area is 96.3 Å². The predicted octanol–water partition coefficient (Wildman–Crippen LogP) is 1.88. The summed E-state index contributed by atoms with van der Waals surface area (Å²) in [6.45, 7) is 0. The van der Waals surface area contributed by atoms with Gasteiger partial charge in [-0.2, -0.15) is 0 Å². The lowest BCUT2D eigenvalue weighted by atomic mass is 10.1. The highest BCUT2D eigenvalue weighted by Gasteiger charge is 2.04. The number of hydrogen-bond acceptors (Lipinski definition) is 3. The van der Waals surface area contributed by atoms with Crippen LogP contribution >= 0.6 is 0 Å². The molecule has 0 saturated carbocycles. The van der Waals surface area contributed by atoms with Crippen LogP contribution in [0.1, 0.15) is 0 Å². The first-order valence-corrected chi connectivity index (χ1v) is 6.12. The van der Waals surface area contributed by atoms with E-state index in [1.165, 1.54) is 0 Å². The molecule has 0 saturated heterocycles. The molecule has 0 fully saturated rings. The van der Waals surface area contributed by atoms with Crippen LogP contribution in [-0.4, -0.2) is 22.5 Å². The number of hydrogen-bond donors (Lipinski definition) is 1. The molecule has 2 aromatic rings. The average Bonchev–Trinajstić information content (AvgIpc) is 2.27. The Bertz CT molecular complexity index is 595. The van der Waals surface area contributed by atoms with Gasteiger partial charge in [0, 0.05) is 25.2 Å². The number of rotatable bonds is 2. The third kappa shape index (κ3) is 1.88. The van der Waals surface area contributed by atoms with E-state index >= 15 is 0 Å². The van der Waals surface area contributed by atoms with Crippen LogP contribution in [0.2, 0.25) is 0 Å². The number of nitrogens with zero attached hydrogens (tertiary/aromatic N) is 1. The summed E-state index contributed by atoms with van der Waals surface area (Å²) >= 11 is 0. The molecule has 2 rings (SSSR count). The van der Waals surface area contributed by atoms with E-state index < -0.39 is 10.7 Å². The largest absolute Gasteiger partial charge is 0.378 e. The fourth-order valence-electron chi connectivity index (χ4n) is 1.69. The highest BCUT2D eigenvalue weighted by atomic mass is 32.2. The maximum Gasteiger partial charge on any atom is 0.168 e. The van der Waals surface area contributed by atoms with Gasteiger partial charge < -0.3 is 4.90 Å². The van der Waals surface area contributed by atoms with Gasteiger partial charge in [-0.15, -0.1) is 0 Å². The summed E-state index contributed by atoms with van der Waals surface area (Å²) < 4.78 is 22.1. The number of thiol groups is 1. The lowest BCUT2D eigenvalue weighted by Crippen LogP contribution is -2.08. The zero-order valence-electron chi connectivity index (χ0n) is 9.18. The van der Waals surface area contributed by atoms with Gasteiger partial charge in [-0.05, 0) is 23.6 Å². The number of fused-ring (bicyclic) bond motifs is 1. The molecule has 0 radical (unpaired) electrons. The molecule has 0 atom stereocenters. The first-order valence-electron chi connectivity index (χ1n) is 4.94. The fraction of sp³-hybridized carbons (Fsp3) is 0.167. The minimum Gasteiger partial charge on any atom is -0.378 e. The Hall–Kier alpha value is -1.55. The minimum atomic E-state index is -2.53. The van der Waals surface area contributed by atoms with Crippen LogP contribution in [0.15, 0.2) is 41.3 Å². The summed E-state index contributed by atoms with van der Waals surface area (Å²) in [5, 5.41) is 1.73. The topological polar surface area (TPSA) is 37.4 Å². The molecule has 0 unspecified atom stereocenters. The molecule has 2 aromatic carbocycles. The molecule has 84 valence electrons. The van der Waals surface area contributed by atoms with Crippen LogP contribution in [-0.2, 0) is 10.7 Å². The van der Waals surface area contributed by atoms with Crippen molar-refractivity contribution in [3.05, 3.63) is 36.4 Å². The Kier molecular flexibility index (Phi) is 2.83. The molecular weight excluding hydrogens is 222 g/mol. The lowest BCUT2D eigenvalue weighted by molar-refractivity contribution is 0.615. The van der Waals surface area contributed by atoms with Crippen molar-refractivity contribution in [2.45, 2.75) is 4.90 Å². The smallest absolute Gasteiger partial charge is 0.168 e. The van der Waals surface area contributed by atoms with Crippen LogP contribution in [0.3, 0.4) is 0 Å². The Morgan fingerprint density at radius 1 is 1.06 bits per heavy atom. The van der Waals surface area contributed by atoms with Gasteiger partial charge in [-0.25, -0.2) is 8.42 Å². The normalized spacial score (nSPS) is 10.9.